The standard InChI is InChI=1S/C24H26N3O4P/c1-17(23(30)25-16-21(28)29)27-32(31)24(20-14-8-9-15-20)26-22(18-10-4-2-5-11-18)19-12-6-3-7-13-19/h2-15,17,20,22,24,26H,16H2,1H3,(H2-,25,27,28,29,30,31)/p+1/t17-,24?/m0/s1. The molecule has 3 rings (SSSR count). The number of aliphatic carboxylic acids is 1. The summed E-state index contributed by atoms with van der Waals surface area (Å²) in [5.41, 5.74) is 2.07. The van der Waals surface area contributed by atoms with Gasteiger partial charge in [-0.3, -0.25) is 14.9 Å². The highest BCUT2D eigenvalue weighted by Crippen LogP contribution is 2.35. The van der Waals surface area contributed by atoms with Crippen LogP contribution in [0.1, 0.15) is 24.1 Å². The Hall–Kier alpha value is -3.12. The Labute approximate surface area is 188 Å². The normalized spacial score (nSPS) is 15.5. The Bertz CT molecular complexity index is 943. The topological polar surface area (TPSA) is 108 Å². The van der Waals surface area contributed by atoms with Gasteiger partial charge in [0.15, 0.2) is 0 Å². The van der Waals surface area contributed by atoms with Crippen molar-refractivity contribution in [1.29, 1.82) is 0 Å². The van der Waals surface area contributed by atoms with E-state index in [0.29, 0.717) is 0 Å². The van der Waals surface area contributed by atoms with E-state index in [1.54, 1.807) is 6.92 Å². The molecule has 2 aromatic carbocycles. The molecule has 1 amide bonds. The van der Waals surface area contributed by atoms with Crippen LogP contribution in [0.2, 0.25) is 0 Å². The highest BCUT2D eigenvalue weighted by atomic mass is 31.1. The van der Waals surface area contributed by atoms with Crippen molar-refractivity contribution in [3.63, 3.8) is 0 Å². The number of carboxylic acid groups (broad SMARTS) is 1. The molecule has 2 unspecified atom stereocenters. The number of nitrogens with one attached hydrogen (secondary N) is 3. The van der Waals surface area contributed by atoms with Gasteiger partial charge in [0.2, 0.25) is 11.7 Å². The van der Waals surface area contributed by atoms with Crippen LogP contribution in [0.15, 0.2) is 85.0 Å². The molecular formula is C24H27N3O4P+. The van der Waals surface area contributed by atoms with E-state index in [1.807, 2.05) is 85.0 Å². The smallest absolute Gasteiger partial charge is 0.452 e. The largest absolute Gasteiger partial charge is 0.480 e. The quantitative estimate of drug-likeness (QED) is 0.390. The van der Waals surface area contributed by atoms with Crippen LogP contribution in [0, 0.1) is 5.92 Å². The van der Waals surface area contributed by atoms with Crippen molar-refractivity contribution < 1.29 is 19.3 Å². The zero-order valence-corrected chi connectivity index (χ0v) is 18.6. The predicted octanol–water partition coefficient (Wildman–Crippen LogP) is 3.36. The second kappa shape index (κ2) is 11.5. The van der Waals surface area contributed by atoms with Gasteiger partial charge in [0, 0.05) is 0 Å². The molecule has 7 nitrogen and oxygen atoms in total. The third kappa shape index (κ3) is 6.44. The van der Waals surface area contributed by atoms with E-state index in [9.17, 15) is 14.2 Å². The summed E-state index contributed by atoms with van der Waals surface area (Å²) in [5, 5.41) is 17.5. The van der Waals surface area contributed by atoms with Crippen LogP contribution in [0.3, 0.4) is 0 Å². The summed E-state index contributed by atoms with van der Waals surface area (Å²) in [4.78, 5) is 22.9. The Morgan fingerprint density at radius 3 is 2.00 bits per heavy atom. The molecule has 2 aromatic rings. The summed E-state index contributed by atoms with van der Waals surface area (Å²) in [6, 6.07) is 18.8. The summed E-state index contributed by atoms with van der Waals surface area (Å²) >= 11 is 0. The van der Waals surface area contributed by atoms with Gasteiger partial charge in [-0.15, -0.1) is 0 Å². The van der Waals surface area contributed by atoms with E-state index < -0.39 is 38.2 Å². The van der Waals surface area contributed by atoms with E-state index in [4.69, 9.17) is 5.11 Å². The van der Waals surface area contributed by atoms with Crippen molar-refractivity contribution in [2.45, 2.75) is 24.8 Å². The Balaban J connectivity index is 1.82. The summed E-state index contributed by atoms with van der Waals surface area (Å²) in [7, 11) is -2.09. The first kappa shape index (κ1) is 23.5. The Kier molecular flexibility index (Phi) is 8.45. The van der Waals surface area contributed by atoms with Gasteiger partial charge < -0.3 is 10.4 Å². The van der Waals surface area contributed by atoms with E-state index in [-0.39, 0.29) is 12.0 Å². The lowest BCUT2D eigenvalue weighted by Gasteiger charge is -2.24. The van der Waals surface area contributed by atoms with E-state index in [1.165, 1.54) is 0 Å². The van der Waals surface area contributed by atoms with Crippen molar-refractivity contribution in [3.05, 3.63) is 96.1 Å². The molecule has 1 aliphatic rings. The minimum absolute atomic E-state index is 0.129. The zero-order valence-electron chi connectivity index (χ0n) is 17.7. The number of rotatable bonds is 11. The number of benzene rings is 2. The zero-order chi connectivity index (χ0) is 22.9. The first-order chi connectivity index (χ1) is 15.5. The van der Waals surface area contributed by atoms with Gasteiger partial charge in [-0.05, 0) is 22.6 Å². The second-order valence-corrected chi connectivity index (χ2v) is 8.97. The van der Waals surface area contributed by atoms with Crippen molar-refractivity contribution >= 4 is 19.8 Å². The molecule has 3 atom stereocenters. The summed E-state index contributed by atoms with van der Waals surface area (Å²) in [5.74, 6) is -2.28. The molecule has 0 fully saturated rings. The van der Waals surface area contributed by atoms with Crippen molar-refractivity contribution in [2.24, 2.45) is 5.92 Å². The van der Waals surface area contributed by atoms with Gasteiger partial charge in [-0.25, -0.2) is 0 Å². The van der Waals surface area contributed by atoms with E-state index in [2.05, 4.69) is 15.7 Å². The average Bonchev–Trinajstić information content (AvgIpc) is 3.33. The minimum atomic E-state index is -2.09. The van der Waals surface area contributed by atoms with Crippen LogP contribution >= 0.6 is 7.95 Å². The number of amides is 1. The molecular weight excluding hydrogens is 425 g/mol. The number of carbonyl (C=O) groups is 2. The average molecular weight is 452 g/mol. The highest BCUT2D eigenvalue weighted by Gasteiger charge is 2.40. The molecule has 4 N–H and O–H groups in total. The first-order valence-corrected chi connectivity index (χ1v) is 11.7. The summed E-state index contributed by atoms with van der Waals surface area (Å²) in [6.45, 7) is 1.08. The van der Waals surface area contributed by atoms with Gasteiger partial charge in [0.1, 0.15) is 12.6 Å². The molecule has 0 saturated carbocycles. The molecule has 0 aliphatic heterocycles. The lowest BCUT2D eigenvalue weighted by molar-refractivity contribution is -0.138. The molecule has 0 bridgehead atoms. The molecule has 1 aliphatic carbocycles. The lowest BCUT2D eigenvalue weighted by atomic mass is 9.98. The van der Waals surface area contributed by atoms with Crippen LogP contribution in [0.4, 0.5) is 0 Å². The molecule has 0 radical (unpaired) electrons. The van der Waals surface area contributed by atoms with Crippen LogP contribution in [0.25, 0.3) is 0 Å². The van der Waals surface area contributed by atoms with Crippen molar-refractivity contribution in [3.8, 4) is 0 Å². The van der Waals surface area contributed by atoms with Gasteiger partial charge in [-0.2, -0.15) is 0 Å². The predicted molar refractivity (Wildman–Crippen MR) is 124 cm³/mol. The fourth-order valence-electron chi connectivity index (χ4n) is 3.49. The second-order valence-electron chi connectivity index (χ2n) is 7.50. The molecule has 0 heterocycles. The molecule has 0 spiro atoms. The maximum Gasteiger partial charge on any atom is 0.452 e. The van der Waals surface area contributed by atoms with Crippen LogP contribution < -0.4 is 15.7 Å². The Morgan fingerprint density at radius 2 is 1.50 bits per heavy atom. The fourth-order valence-corrected chi connectivity index (χ4v) is 4.94. The molecule has 32 heavy (non-hydrogen) atoms. The maximum atomic E-state index is 13.4. The van der Waals surface area contributed by atoms with Crippen molar-refractivity contribution in [1.82, 2.24) is 15.7 Å². The third-order valence-corrected chi connectivity index (χ3v) is 6.77. The van der Waals surface area contributed by atoms with Gasteiger partial charge in [-0.1, -0.05) is 90.1 Å². The van der Waals surface area contributed by atoms with Gasteiger partial charge in [0.05, 0.1) is 12.0 Å². The Morgan fingerprint density at radius 1 is 0.969 bits per heavy atom. The number of hydrogen-bond acceptors (Lipinski definition) is 4. The number of allylic oxidation sites excluding steroid dienone is 2. The van der Waals surface area contributed by atoms with Crippen molar-refractivity contribution in [2.75, 3.05) is 6.54 Å². The molecule has 0 saturated heterocycles. The van der Waals surface area contributed by atoms with Crippen LogP contribution in [-0.2, 0) is 14.2 Å². The summed E-state index contributed by atoms with van der Waals surface area (Å²) < 4.78 is 13.4. The SMILES string of the molecule is C[C@H](N[P+](=O)C(NC(c1ccccc1)c1ccccc1)C1C=CC=C1)C(=O)NCC(=O)O. The molecule has 0 aromatic heterocycles. The molecule has 8 heteroatoms. The maximum absolute atomic E-state index is 13.4. The van der Waals surface area contributed by atoms with E-state index in [0.717, 1.165) is 11.1 Å². The van der Waals surface area contributed by atoms with Gasteiger partial charge >= 0.3 is 13.9 Å². The third-order valence-electron chi connectivity index (χ3n) is 5.13. The first-order valence-electron chi connectivity index (χ1n) is 10.4. The monoisotopic (exact) mass is 452 g/mol. The highest BCUT2D eigenvalue weighted by molar-refractivity contribution is 7.43. The lowest BCUT2D eigenvalue weighted by Crippen LogP contribution is -2.44. The number of carbonyl (C=O) groups excluding carboxylic acids is 1. The van der Waals surface area contributed by atoms with E-state index >= 15 is 0 Å². The molecule has 166 valence electrons. The summed E-state index contributed by atoms with van der Waals surface area (Å²) in [6.07, 6.45) is 7.75. The van der Waals surface area contributed by atoms with Gasteiger partial charge in [0.25, 0.3) is 0 Å². The minimum Gasteiger partial charge on any atom is -0.480 e. The number of hydrogen-bond donors (Lipinski definition) is 4. The van der Waals surface area contributed by atoms with Crippen LogP contribution in [0.5, 0.6) is 0 Å². The van der Waals surface area contributed by atoms with Crippen LogP contribution in [-0.4, -0.2) is 35.4 Å². The fraction of sp³-hybridized carbons (Fsp3) is 0.250. The number of carboxylic acids is 1.